The van der Waals surface area contributed by atoms with Gasteiger partial charge in [0.2, 0.25) is 0 Å². The fourth-order valence-electron chi connectivity index (χ4n) is 3.62. The van der Waals surface area contributed by atoms with Crippen LogP contribution in [-0.2, 0) is 0 Å². The third-order valence-electron chi connectivity index (χ3n) is 5.16. The van der Waals surface area contributed by atoms with Crippen LogP contribution in [0.1, 0.15) is 59.3 Å². The molecule has 0 unspecified atom stereocenters. The average Bonchev–Trinajstić information content (AvgIpc) is 2.37. The fourth-order valence-corrected chi connectivity index (χ4v) is 3.62. The minimum Gasteiger partial charge on any atom is -0.317 e. The van der Waals surface area contributed by atoms with Crippen LogP contribution in [0, 0.1) is 11.3 Å². The summed E-state index contributed by atoms with van der Waals surface area (Å²) in [4.78, 5) is 2.79. The van der Waals surface area contributed by atoms with Crippen molar-refractivity contribution in [2.24, 2.45) is 11.3 Å². The first-order valence-corrected chi connectivity index (χ1v) is 8.05. The summed E-state index contributed by atoms with van der Waals surface area (Å²) in [6.07, 6.45) is 8.54. The van der Waals surface area contributed by atoms with Gasteiger partial charge in [0.1, 0.15) is 0 Å². The molecule has 0 amide bonds. The van der Waals surface area contributed by atoms with Crippen molar-refractivity contribution in [2.75, 3.05) is 26.2 Å². The van der Waals surface area contributed by atoms with Crippen molar-refractivity contribution >= 4 is 0 Å². The van der Waals surface area contributed by atoms with Crippen LogP contribution >= 0.6 is 0 Å². The molecule has 1 aliphatic heterocycles. The molecular weight excluding hydrogens is 220 g/mol. The zero-order chi connectivity index (χ0) is 13.0. The number of rotatable bonds is 4. The summed E-state index contributed by atoms with van der Waals surface area (Å²) < 4.78 is 0. The molecule has 1 N–H and O–H groups in total. The van der Waals surface area contributed by atoms with E-state index >= 15 is 0 Å². The lowest BCUT2D eigenvalue weighted by molar-refractivity contribution is 0.0757. The summed E-state index contributed by atoms with van der Waals surface area (Å²) in [6, 6.07) is 0.901. The molecule has 0 radical (unpaired) electrons. The van der Waals surface area contributed by atoms with Gasteiger partial charge in [-0.15, -0.1) is 0 Å². The molecule has 0 aromatic heterocycles. The topological polar surface area (TPSA) is 15.3 Å². The maximum Gasteiger partial charge on any atom is 0.00956 e. The summed E-state index contributed by atoms with van der Waals surface area (Å²) in [7, 11) is 0. The Kier molecular flexibility index (Phi) is 5.08. The van der Waals surface area contributed by atoms with E-state index in [9.17, 15) is 0 Å². The maximum atomic E-state index is 3.50. The smallest absolute Gasteiger partial charge is 0.00956 e. The van der Waals surface area contributed by atoms with Crippen molar-refractivity contribution in [3.8, 4) is 0 Å². The largest absolute Gasteiger partial charge is 0.317 e. The van der Waals surface area contributed by atoms with Crippen LogP contribution in [0.5, 0.6) is 0 Å². The van der Waals surface area contributed by atoms with Crippen LogP contribution in [0.2, 0.25) is 0 Å². The third kappa shape index (κ3) is 3.96. The Bertz CT molecular complexity index is 231. The third-order valence-corrected chi connectivity index (χ3v) is 5.16. The zero-order valence-electron chi connectivity index (χ0n) is 12.7. The Balaban J connectivity index is 1.70. The highest BCUT2D eigenvalue weighted by atomic mass is 15.2. The van der Waals surface area contributed by atoms with Crippen molar-refractivity contribution in [1.82, 2.24) is 10.2 Å². The van der Waals surface area contributed by atoms with E-state index in [1.165, 1.54) is 58.2 Å². The van der Waals surface area contributed by atoms with Crippen molar-refractivity contribution in [3.05, 3.63) is 0 Å². The molecule has 106 valence electrons. The lowest BCUT2D eigenvalue weighted by Crippen LogP contribution is -2.45. The molecular formula is C16H32N2. The predicted molar refractivity (Wildman–Crippen MR) is 78.9 cm³/mol. The average molecular weight is 252 g/mol. The fraction of sp³-hybridized carbons (Fsp3) is 1.00. The lowest BCUT2D eigenvalue weighted by Gasteiger charge is -2.43. The van der Waals surface area contributed by atoms with Crippen LogP contribution in [0.4, 0.5) is 0 Å². The Morgan fingerprint density at radius 3 is 2.22 bits per heavy atom. The number of hydrogen-bond acceptors (Lipinski definition) is 2. The molecule has 1 saturated carbocycles. The molecule has 1 heterocycles. The summed E-state index contributed by atoms with van der Waals surface area (Å²) in [5, 5.41) is 3.50. The Hall–Kier alpha value is -0.0800. The second-order valence-electron chi connectivity index (χ2n) is 7.18. The van der Waals surface area contributed by atoms with Gasteiger partial charge in [0.05, 0.1) is 0 Å². The number of nitrogens with one attached hydrogen (secondary N) is 1. The monoisotopic (exact) mass is 252 g/mol. The molecule has 1 saturated heterocycles. The molecule has 0 atom stereocenters. The molecule has 0 bridgehead atoms. The van der Waals surface area contributed by atoms with Gasteiger partial charge in [-0.25, -0.2) is 0 Å². The molecule has 2 nitrogen and oxygen atoms in total. The normalized spacial score (nSPS) is 27.5. The first-order valence-electron chi connectivity index (χ1n) is 8.05. The number of hydrogen-bond donors (Lipinski definition) is 1. The summed E-state index contributed by atoms with van der Waals surface area (Å²) in [5.41, 5.74) is 0.611. The van der Waals surface area contributed by atoms with Crippen LogP contribution in [0.15, 0.2) is 0 Å². The van der Waals surface area contributed by atoms with Gasteiger partial charge < -0.3 is 10.2 Å². The summed E-state index contributed by atoms with van der Waals surface area (Å²) in [5.74, 6) is 0.932. The number of nitrogens with zero attached hydrogens (tertiary/aromatic N) is 1. The van der Waals surface area contributed by atoms with E-state index in [1.54, 1.807) is 0 Å². The highest BCUT2D eigenvalue weighted by molar-refractivity contribution is 4.86. The van der Waals surface area contributed by atoms with Crippen molar-refractivity contribution < 1.29 is 0 Å². The van der Waals surface area contributed by atoms with E-state index < -0.39 is 0 Å². The van der Waals surface area contributed by atoms with Gasteiger partial charge in [0, 0.05) is 6.04 Å². The maximum absolute atomic E-state index is 3.50. The van der Waals surface area contributed by atoms with Crippen LogP contribution < -0.4 is 5.32 Å². The molecule has 0 aromatic rings. The standard InChI is InChI=1S/C16H32N2/c1-4-17-13-14-7-11-18(12-8-14)15-5-9-16(2,3)10-6-15/h14-15,17H,4-13H2,1-3H3. The van der Waals surface area contributed by atoms with Gasteiger partial charge in [-0.2, -0.15) is 0 Å². The minimum atomic E-state index is 0.611. The van der Waals surface area contributed by atoms with Crippen molar-refractivity contribution in [2.45, 2.75) is 65.3 Å². The predicted octanol–water partition coefficient (Wildman–Crippen LogP) is 3.28. The Morgan fingerprint density at radius 1 is 1.06 bits per heavy atom. The van der Waals surface area contributed by atoms with Gasteiger partial charge in [-0.1, -0.05) is 20.8 Å². The van der Waals surface area contributed by atoms with Gasteiger partial charge in [0.15, 0.2) is 0 Å². The van der Waals surface area contributed by atoms with E-state index in [2.05, 4.69) is 31.0 Å². The van der Waals surface area contributed by atoms with Crippen LogP contribution in [0.3, 0.4) is 0 Å². The number of likely N-dealkylation sites (tertiary alicyclic amines) is 1. The van der Waals surface area contributed by atoms with Crippen LogP contribution in [0.25, 0.3) is 0 Å². The second-order valence-corrected chi connectivity index (χ2v) is 7.18. The SMILES string of the molecule is CCNCC1CCN(C2CCC(C)(C)CC2)CC1. The van der Waals surface area contributed by atoms with Gasteiger partial charge >= 0.3 is 0 Å². The molecule has 0 spiro atoms. The Morgan fingerprint density at radius 2 is 1.67 bits per heavy atom. The van der Waals surface area contributed by atoms with E-state index in [0.29, 0.717) is 5.41 Å². The van der Waals surface area contributed by atoms with Gasteiger partial charge in [0.25, 0.3) is 0 Å². The zero-order valence-corrected chi connectivity index (χ0v) is 12.7. The van der Waals surface area contributed by atoms with E-state index in [-0.39, 0.29) is 0 Å². The molecule has 1 aliphatic carbocycles. The highest BCUT2D eigenvalue weighted by Gasteiger charge is 2.31. The Labute approximate surface area is 114 Å². The van der Waals surface area contributed by atoms with Crippen molar-refractivity contribution in [1.29, 1.82) is 0 Å². The quantitative estimate of drug-likeness (QED) is 0.826. The molecule has 18 heavy (non-hydrogen) atoms. The van der Waals surface area contributed by atoms with Gasteiger partial charge in [-0.05, 0) is 76.0 Å². The molecule has 2 aliphatic rings. The summed E-state index contributed by atoms with van der Waals surface area (Å²) in [6.45, 7) is 12.1. The van der Waals surface area contributed by atoms with Crippen molar-refractivity contribution in [3.63, 3.8) is 0 Å². The van der Waals surface area contributed by atoms with E-state index in [4.69, 9.17) is 0 Å². The second kappa shape index (κ2) is 6.38. The lowest BCUT2D eigenvalue weighted by atomic mass is 9.75. The van der Waals surface area contributed by atoms with E-state index in [1.807, 2.05) is 0 Å². The first-order chi connectivity index (χ1) is 8.61. The van der Waals surface area contributed by atoms with Gasteiger partial charge in [-0.3, -0.25) is 0 Å². The highest BCUT2D eigenvalue weighted by Crippen LogP contribution is 2.37. The summed E-state index contributed by atoms with van der Waals surface area (Å²) >= 11 is 0. The molecule has 0 aromatic carbocycles. The van der Waals surface area contributed by atoms with E-state index in [0.717, 1.165) is 18.5 Å². The first kappa shape index (κ1) is 14.3. The van der Waals surface area contributed by atoms with Crippen LogP contribution in [-0.4, -0.2) is 37.1 Å². The molecule has 2 rings (SSSR count). The molecule has 2 fully saturated rings. The minimum absolute atomic E-state index is 0.611. The number of piperidine rings is 1. The molecule has 2 heteroatoms.